The first-order valence-corrected chi connectivity index (χ1v) is 10.7. The molecular formula is C22H25Cl2NO2S. The van der Waals surface area contributed by atoms with Gasteiger partial charge in [-0.15, -0.1) is 0 Å². The smallest absolute Gasteiger partial charge is 0.281 e. The Morgan fingerprint density at radius 3 is 1.82 bits per heavy atom. The molecule has 0 fully saturated rings. The second kappa shape index (κ2) is 9.82. The van der Waals surface area contributed by atoms with E-state index < -0.39 is 5.37 Å². The maximum absolute atomic E-state index is 11.6. The van der Waals surface area contributed by atoms with E-state index in [1.165, 1.54) is 0 Å². The standard InChI is InChI=1S/C13H8ClNOS.C9H17ClO/c14-13(16)15-9-5-1-3-7-11(9)17-12-8-4-2-6-10(12)15;1-7(5-8(10)11)6-9(2,3)4/h1-8H;7H,5-6H2,1-4H3. The van der Waals surface area contributed by atoms with E-state index >= 15 is 0 Å². The molecule has 3 nitrogen and oxygen atoms in total. The van der Waals surface area contributed by atoms with Gasteiger partial charge >= 0.3 is 5.37 Å². The third kappa shape index (κ3) is 6.54. The summed E-state index contributed by atoms with van der Waals surface area (Å²) in [6.45, 7) is 8.57. The van der Waals surface area contributed by atoms with Crippen molar-refractivity contribution in [2.75, 3.05) is 4.90 Å². The van der Waals surface area contributed by atoms with Crippen LogP contribution in [0.2, 0.25) is 0 Å². The quantitative estimate of drug-likeness (QED) is 0.362. The molecule has 0 saturated heterocycles. The molecule has 0 aliphatic carbocycles. The van der Waals surface area contributed by atoms with Gasteiger partial charge in [-0.25, -0.2) is 0 Å². The molecule has 1 amide bonds. The van der Waals surface area contributed by atoms with E-state index in [-0.39, 0.29) is 5.24 Å². The largest absolute Gasteiger partial charge is 0.325 e. The summed E-state index contributed by atoms with van der Waals surface area (Å²) in [6, 6.07) is 15.5. The Morgan fingerprint density at radius 2 is 1.43 bits per heavy atom. The number of nitrogens with zero attached hydrogens (tertiary/aromatic N) is 1. The van der Waals surface area contributed by atoms with Crippen molar-refractivity contribution in [2.45, 2.75) is 50.3 Å². The Balaban J connectivity index is 0.000000224. The second-order valence-corrected chi connectivity index (χ2v) is 9.88. The minimum Gasteiger partial charge on any atom is -0.281 e. The highest BCUT2D eigenvalue weighted by atomic mass is 35.5. The van der Waals surface area contributed by atoms with Gasteiger partial charge in [-0.3, -0.25) is 14.5 Å². The molecule has 1 aliphatic rings. The van der Waals surface area contributed by atoms with Gasteiger partial charge in [0.25, 0.3) is 0 Å². The molecular weight excluding hydrogens is 413 g/mol. The summed E-state index contributed by atoms with van der Waals surface area (Å²) in [4.78, 5) is 25.7. The first-order valence-electron chi connectivity index (χ1n) is 9.12. The van der Waals surface area contributed by atoms with Crippen molar-refractivity contribution in [1.82, 2.24) is 0 Å². The van der Waals surface area contributed by atoms with Gasteiger partial charge in [0.15, 0.2) is 0 Å². The highest BCUT2D eigenvalue weighted by molar-refractivity contribution is 7.99. The molecule has 2 aromatic rings. The molecule has 0 spiro atoms. The summed E-state index contributed by atoms with van der Waals surface area (Å²) in [6.07, 6.45) is 1.55. The third-order valence-electron chi connectivity index (χ3n) is 4.08. The van der Waals surface area contributed by atoms with E-state index in [1.807, 2.05) is 48.5 Å². The van der Waals surface area contributed by atoms with E-state index in [2.05, 4.69) is 27.7 Å². The fourth-order valence-electron chi connectivity index (χ4n) is 3.29. The number of para-hydroxylation sites is 2. The first kappa shape index (κ1) is 22.8. The molecule has 2 aromatic carbocycles. The van der Waals surface area contributed by atoms with Crippen molar-refractivity contribution >= 4 is 56.9 Å². The van der Waals surface area contributed by atoms with Gasteiger partial charge in [-0.05, 0) is 65.2 Å². The van der Waals surface area contributed by atoms with Gasteiger partial charge in [0.2, 0.25) is 5.24 Å². The number of hydrogen-bond acceptors (Lipinski definition) is 3. The number of carbonyl (C=O) groups is 2. The van der Waals surface area contributed by atoms with Crippen molar-refractivity contribution < 1.29 is 9.59 Å². The van der Waals surface area contributed by atoms with Crippen LogP contribution in [0.5, 0.6) is 0 Å². The predicted molar refractivity (Wildman–Crippen MR) is 119 cm³/mol. The van der Waals surface area contributed by atoms with E-state index in [1.54, 1.807) is 16.7 Å². The molecule has 6 heteroatoms. The maximum Gasteiger partial charge on any atom is 0.325 e. The number of amides is 1. The molecule has 0 aromatic heterocycles. The van der Waals surface area contributed by atoms with Crippen LogP contribution in [-0.4, -0.2) is 10.6 Å². The monoisotopic (exact) mass is 437 g/mol. The van der Waals surface area contributed by atoms with Crippen molar-refractivity contribution in [2.24, 2.45) is 11.3 Å². The summed E-state index contributed by atoms with van der Waals surface area (Å²) >= 11 is 12.6. The van der Waals surface area contributed by atoms with E-state index in [0.717, 1.165) is 27.6 Å². The molecule has 0 bridgehead atoms. The zero-order chi connectivity index (χ0) is 20.9. The Kier molecular flexibility index (Phi) is 7.99. The van der Waals surface area contributed by atoms with E-state index in [0.29, 0.717) is 17.8 Å². The molecule has 1 heterocycles. The highest BCUT2D eigenvalue weighted by Crippen LogP contribution is 2.48. The zero-order valence-corrected chi connectivity index (χ0v) is 18.9. The van der Waals surface area contributed by atoms with Crippen LogP contribution >= 0.6 is 35.0 Å². The fourth-order valence-corrected chi connectivity index (χ4v) is 4.79. The van der Waals surface area contributed by atoms with Crippen LogP contribution in [0.15, 0.2) is 58.3 Å². The lowest BCUT2D eigenvalue weighted by atomic mass is 9.84. The third-order valence-corrected chi connectivity index (χ3v) is 5.53. The molecule has 28 heavy (non-hydrogen) atoms. The lowest BCUT2D eigenvalue weighted by molar-refractivity contribution is -0.112. The minimum atomic E-state index is -0.481. The average molecular weight is 438 g/mol. The van der Waals surface area contributed by atoms with Gasteiger partial charge in [0.1, 0.15) is 0 Å². The summed E-state index contributed by atoms with van der Waals surface area (Å²) in [5, 5.41) is -0.702. The number of benzene rings is 2. The zero-order valence-electron chi connectivity index (χ0n) is 16.5. The number of fused-ring (bicyclic) bond motifs is 2. The highest BCUT2D eigenvalue weighted by Gasteiger charge is 2.26. The van der Waals surface area contributed by atoms with Crippen LogP contribution in [0.3, 0.4) is 0 Å². The number of anilines is 2. The van der Waals surface area contributed by atoms with Crippen molar-refractivity contribution in [3.63, 3.8) is 0 Å². The van der Waals surface area contributed by atoms with Crippen LogP contribution in [-0.2, 0) is 4.79 Å². The molecule has 150 valence electrons. The summed E-state index contributed by atoms with van der Waals surface area (Å²) in [7, 11) is 0. The molecule has 1 atom stereocenters. The van der Waals surface area contributed by atoms with Crippen molar-refractivity contribution in [1.29, 1.82) is 0 Å². The van der Waals surface area contributed by atoms with Gasteiger partial charge in [0, 0.05) is 16.2 Å². The van der Waals surface area contributed by atoms with Gasteiger partial charge in [0.05, 0.1) is 11.4 Å². The number of carbonyl (C=O) groups excluding carboxylic acids is 2. The Bertz CT molecular complexity index is 803. The summed E-state index contributed by atoms with van der Waals surface area (Å²) < 4.78 is 0. The summed E-state index contributed by atoms with van der Waals surface area (Å²) in [5.41, 5.74) is 1.98. The fraction of sp³-hybridized carbons (Fsp3) is 0.364. The normalized spacial score (nSPS) is 13.6. The molecule has 3 rings (SSSR count). The van der Waals surface area contributed by atoms with Gasteiger partial charge in [-0.1, -0.05) is 63.7 Å². The first-order chi connectivity index (χ1) is 13.1. The molecule has 1 aliphatic heterocycles. The Labute approximate surface area is 181 Å². The second-order valence-electron chi connectivity index (χ2n) is 8.06. The lowest BCUT2D eigenvalue weighted by Gasteiger charge is -2.28. The minimum absolute atomic E-state index is 0.221. The topological polar surface area (TPSA) is 37.4 Å². The number of hydrogen-bond donors (Lipinski definition) is 0. The van der Waals surface area contributed by atoms with E-state index in [4.69, 9.17) is 23.2 Å². The molecule has 0 N–H and O–H groups in total. The lowest BCUT2D eigenvalue weighted by Crippen LogP contribution is -2.22. The van der Waals surface area contributed by atoms with Gasteiger partial charge < -0.3 is 0 Å². The molecule has 0 radical (unpaired) electrons. The van der Waals surface area contributed by atoms with Crippen LogP contribution in [0.25, 0.3) is 0 Å². The maximum atomic E-state index is 11.6. The van der Waals surface area contributed by atoms with Crippen molar-refractivity contribution in [3.05, 3.63) is 48.5 Å². The molecule has 0 saturated carbocycles. The SMILES string of the molecule is CC(CC(=O)Cl)CC(C)(C)C.O=C(Cl)N1c2ccccc2Sc2ccccc21. The van der Waals surface area contributed by atoms with Crippen LogP contribution in [0, 0.1) is 11.3 Å². The van der Waals surface area contributed by atoms with Crippen LogP contribution in [0.1, 0.15) is 40.5 Å². The van der Waals surface area contributed by atoms with Gasteiger partial charge in [-0.2, -0.15) is 0 Å². The Hall–Kier alpha value is -1.49. The molecule has 1 unspecified atom stereocenters. The number of halogens is 2. The average Bonchev–Trinajstić information content (AvgIpc) is 2.57. The predicted octanol–water partition coefficient (Wildman–Crippen LogP) is 7.86. The summed E-state index contributed by atoms with van der Waals surface area (Å²) in [5.74, 6) is 0.403. The number of rotatable bonds is 3. The van der Waals surface area contributed by atoms with Crippen LogP contribution in [0.4, 0.5) is 16.2 Å². The Morgan fingerprint density at radius 1 is 0.964 bits per heavy atom. The van der Waals surface area contributed by atoms with Crippen LogP contribution < -0.4 is 4.90 Å². The van der Waals surface area contributed by atoms with E-state index in [9.17, 15) is 9.59 Å². The van der Waals surface area contributed by atoms with Crippen molar-refractivity contribution in [3.8, 4) is 0 Å².